The molecule has 394 valence electrons. The van der Waals surface area contributed by atoms with Gasteiger partial charge in [-0.3, -0.25) is 4.79 Å². The largest absolute Gasteiger partial charge is 0.477 e. The molecule has 0 aliphatic carbocycles. The fourth-order valence-electron chi connectivity index (χ4n) is 4.76. The number of hydrogen-bond donors (Lipinski definition) is 2. The Balaban J connectivity index is 6.64. The van der Waals surface area contributed by atoms with Crippen LogP contribution in [0.15, 0.2) is 0 Å². The highest BCUT2D eigenvalue weighted by atomic mass is 32.2. The van der Waals surface area contributed by atoms with Crippen LogP contribution in [0.3, 0.4) is 0 Å². The molecule has 5 nitrogen and oxygen atoms in total. The number of quaternary nitrogens is 1. The van der Waals surface area contributed by atoms with Crippen molar-refractivity contribution >= 4 is 23.5 Å². The van der Waals surface area contributed by atoms with E-state index < -0.39 is 125 Å². The SMILES string of the molecule is CC(CNCCC[N+](C)(C)CC(=O)O)C(=O)CSCCC(F)(F)C(F)(F)C(F)(F)C(F)(F)C(F)(F)C(F)(F)C(F)(F)C(F)(F)C(F)(F)C(F)(F)C(F)(F)C(F)(F)C(F)(F)C(F)(F)C(F)(F)F. The van der Waals surface area contributed by atoms with E-state index in [4.69, 9.17) is 5.11 Å². The van der Waals surface area contributed by atoms with Crippen LogP contribution in [-0.2, 0) is 9.59 Å². The summed E-state index contributed by atoms with van der Waals surface area (Å²) in [6.07, 6.45) is -11.1. The van der Waals surface area contributed by atoms with E-state index in [1.165, 1.54) is 14.1 Å². The van der Waals surface area contributed by atoms with Crippen LogP contribution in [0, 0.1) is 5.92 Å². The molecule has 0 saturated heterocycles. The molecule has 0 rings (SSSR count). The lowest BCUT2D eigenvalue weighted by Crippen LogP contribution is -2.79. The molecule has 0 amide bonds. The van der Waals surface area contributed by atoms with Crippen LogP contribution >= 0.6 is 11.8 Å². The van der Waals surface area contributed by atoms with E-state index in [1.54, 1.807) is 0 Å². The van der Waals surface area contributed by atoms with Gasteiger partial charge in [-0.25, -0.2) is 4.79 Å². The van der Waals surface area contributed by atoms with Crippen LogP contribution in [0.5, 0.6) is 0 Å². The van der Waals surface area contributed by atoms with Crippen molar-refractivity contribution in [2.24, 2.45) is 5.92 Å². The van der Waals surface area contributed by atoms with Gasteiger partial charge in [0.1, 0.15) is 5.78 Å². The number of carboxylic acid groups (broad SMARTS) is 1. The second-order valence-electron chi connectivity index (χ2n) is 14.6. The fraction of sp³-hybridized carbons (Fsp3) is 0.931. The lowest BCUT2D eigenvalue weighted by molar-refractivity contribution is -0.883. The van der Waals surface area contributed by atoms with Crippen LogP contribution in [-0.4, -0.2) is 162 Å². The number of ketones is 1. The molecule has 0 aliphatic heterocycles. The molecule has 1 unspecified atom stereocenters. The topological polar surface area (TPSA) is 66.4 Å². The third kappa shape index (κ3) is 9.98. The van der Waals surface area contributed by atoms with E-state index in [1.807, 2.05) is 0 Å². The van der Waals surface area contributed by atoms with Crippen molar-refractivity contribution < 1.29 is 155 Å². The Hall–Kier alpha value is -2.76. The molecule has 2 N–H and O–H groups in total. The molecule has 0 aromatic carbocycles. The van der Waals surface area contributed by atoms with Crippen LogP contribution in [0.2, 0.25) is 0 Å². The molecule has 0 heterocycles. The number of carboxylic acids is 1. The zero-order valence-electron chi connectivity index (χ0n) is 32.1. The third-order valence-corrected chi connectivity index (χ3v) is 10.0. The highest BCUT2D eigenvalue weighted by Gasteiger charge is 3.01. The third-order valence-electron chi connectivity index (χ3n) is 9.03. The summed E-state index contributed by atoms with van der Waals surface area (Å²) in [6, 6.07) is 0. The Morgan fingerprint density at radius 2 is 0.788 bits per heavy atom. The van der Waals surface area contributed by atoms with E-state index in [0.29, 0.717) is 0 Å². The van der Waals surface area contributed by atoms with Crippen LogP contribution < -0.4 is 5.32 Å². The molecule has 37 heteroatoms. The van der Waals surface area contributed by atoms with Crippen molar-refractivity contribution in [3.63, 3.8) is 0 Å². The zero-order valence-corrected chi connectivity index (χ0v) is 32.9. The van der Waals surface area contributed by atoms with E-state index >= 15 is 0 Å². The van der Waals surface area contributed by atoms with Crippen molar-refractivity contribution in [2.75, 3.05) is 51.8 Å². The highest BCUT2D eigenvalue weighted by molar-refractivity contribution is 7.99. The normalized spacial score (nSPS) is 16.5. The maximum absolute atomic E-state index is 14.3. The number of carbonyl (C=O) groups excluding carboxylic acids is 1. The number of alkyl halides is 31. The number of halogens is 31. The number of Topliss-reactive ketones (excluding diaryl/α,β-unsaturated/α-hetero) is 1. The van der Waals surface area contributed by atoms with Crippen molar-refractivity contribution in [2.45, 2.75) is 109 Å². The lowest BCUT2D eigenvalue weighted by atomic mass is 9.83. The van der Waals surface area contributed by atoms with Crippen molar-refractivity contribution in [1.29, 1.82) is 0 Å². The summed E-state index contributed by atoms with van der Waals surface area (Å²) in [7, 11) is 3.05. The first-order chi connectivity index (χ1) is 28.4. The van der Waals surface area contributed by atoms with Gasteiger partial charge < -0.3 is 14.9 Å². The minimum atomic E-state index is -10.1. The fourth-order valence-corrected chi connectivity index (χ4v) is 5.79. The van der Waals surface area contributed by atoms with Crippen LogP contribution in [0.1, 0.15) is 19.8 Å². The average Bonchev–Trinajstić information content (AvgIpc) is 3.10. The predicted octanol–water partition coefficient (Wildman–Crippen LogP) is 10.9. The predicted molar refractivity (Wildman–Crippen MR) is 158 cm³/mol. The summed E-state index contributed by atoms with van der Waals surface area (Å²) in [4.78, 5) is 23.0. The second kappa shape index (κ2) is 18.5. The molecule has 0 aromatic rings. The first-order valence-electron chi connectivity index (χ1n) is 16.6. The lowest BCUT2D eigenvalue weighted by Gasteiger charge is -2.46. The summed E-state index contributed by atoms with van der Waals surface area (Å²) < 4.78 is 426. The van der Waals surface area contributed by atoms with Gasteiger partial charge in [0, 0.05) is 31.8 Å². The molecule has 0 aliphatic rings. The molecule has 0 bridgehead atoms. The maximum atomic E-state index is 14.3. The van der Waals surface area contributed by atoms with Crippen molar-refractivity contribution in [1.82, 2.24) is 5.32 Å². The number of thioether (sulfide) groups is 1. The zero-order chi connectivity index (χ0) is 53.8. The molecular formula is C29H28F31N2O3S+. The van der Waals surface area contributed by atoms with E-state index in [9.17, 15) is 146 Å². The highest BCUT2D eigenvalue weighted by Crippen LogP contribution is 2.69. The number of hydrogen-bond acceptors (Lipinski definition) is 4. The van der Waals surface area contributed by atoms with Gasteiger partial charge in [0.25, 0.3) is 0 Å². The molecule has 0 saturated carbocycles. The quantitative estimate of drug-likeness (QED) is 0.0488. The van der Waals surface area contributed by atoms with Gasteiger partial charge in [0.2, 0.25) is 0 Å². The number of nitrogens with zero attached hydrogens (tertiary/aromatic N) is 1. The first kappa shape index (κ1) is 63.2. The molecular weight excluding hydrogens is 1050 g/mol. The van der Waals surface area contributed by atoms with Gasteiger partial charge in [-0.15, -0.1) is 0 Å². The molecule has 0 radical (unpaired) electrons. The van der Waals surface area contributed by atoms with Gasteiger partial charge in [0.15, 0.2) is 6.54 Å². The Morgan fingerprint density at radius 1 is 0.500 bits per heavy atom. The number of likely N-dealkylation sites (N-methyl/N-ethyl adjacent to an activating group) is 1. The van der Waals surface area contributed by atoms with Gasteiger partial charge in [0.05, 0.1) is 26.4 Å². The van der Waals surface area contributed by atoms with Crippen molar-refractivity contribution in [3.8, 4) is 0 Å². The first-order valence-corrected chi connectivity index (χ1v) is 17.8. The van der Waals surface area contributed by atoms with Gasteiger partial charge in [-0.05, 0) is 5.75 Å². The standard InChI is InChI=1S/C29H27F31N2O3S/c1-12(9-61-6-4-7-62(2,3)10-14(64)65)13(63)11-66-8-5-15(30,31)16(32,33)17(34,35)18(36,37)19(38,39)20(40,41)21(42,43)22(44,45)23(46,47)24(48,49)25(50,51)26(52,53)27(54,55)28(56,57)29(58,59)60/h12,61H,4-11H2,1-3H3/p+1. The van der Waals surface area contributed by atoms with Gasteiger partial charge in [-0.1, -0.05) is 6.92 Å². The van der Waals surface area contributed by atoms with E-state index in [0.717, 1.165) is 6.92 Å². The van der Waals surface area contributed by atoms with Crippen LogP contribution in [0.25, 0.3) is 0 Å². The smallest absolute Gasteiger partial charge is 0.460 e. The number of rotatable bonds is 27. The average molecular weight is 1070 g/mol. The van der Waals surface area contributed by atoms with Gasteiger partial charge in [-0.2, -0.15) is 148 Å². The summed E-state index contributed by atoms with van der Waals surface area (Å²) in [5, 5.41) is 11.5. The Morgan fingerprint density at radius 3 is 1.08 bits per heavy atom. The van der Waals surface area contributed by atoms with Crippen LogP contribution in [0.4, 0.5) is 136 Å². The Kier molecular flexibility index (Phi) is 17.8. The summed E-state index contributed by atoms with van der Waals surface area (Å²) in [5.41, 5.74) is 0. The number of nitrogens with one attached hydrogen (secondary N) is 1. The Bertz CT molecular complexity index is 1690. The number of carbonyl (C=O) groups is 2. The summed E-state index contributed by atoms with van der Waals surface area (Å²) in [6.45, 7) is 0.918. The minimum Gasteiger partial charge on any atom is -0.477 e. The second-order valence-corrected chi connectivity index (χ2v) is 15.7. The molecule has 0 aromatic heterocycles. The summed E-state index contributed by atoms with van der Waals surface area (Å²) >= 11 is -0.263. The summed E-state index contributed by atoms with van der Waals surface area (Å²) in [5.74, 6) is -138. The van der Waals surface area contributed by atoms with E-state index in [2.05, 4.69) is 5.32 Å². The molecule has 1 atom stereocenters. The Labute approximate surface area is 351 Å². The van der Waals surface area contributed by atoms with E-state index in [-0.39, 0.29) is 48.8 Å². The molecule has 66 heavy (non-hydrogen) atoms. The van der Waals surface area contributed by atoms with Gasteiger partial charge >= 0.3 is 95.1 Å². The monoisotopic (exact) mass is 1070 g/mol. The van der Waals surface area contributed by atoms with Crippen molar-refractivity contribution in [3.05, 3.63) is 0 Å². The maximum Gasteiger partial charge on any atom is 0.460 e. The minimum absolute atomic E-state index is 0.0156. The molecule has 0 fully saturated rings. The molecule has 0 spiro atoms. The number of aliphatic carboxylic acids is 1.